The first-order valence-corrected chi connectivity index (χ1v) is 10.6. The van der Waals surface area contributed by atoms with E-state index in [0.717, 1.165) is 12.1 Å². The van der Waals surface area contributed by atoms with Gasteiger partial charge in [0.05, 0.1) is 11.4 Å². The van der Waals surface area contributed by atoms with Crippen molar-refractivity contribution in [3.8, 4) is 0 Å². The monoisotopic (exact) mass is 531 g/mol. The van der Waals surface area contributed by atoms with Gasteiger partial charge in [-0.05, 0) is 25.5 Å². The zero-order valence-corrected chi connectivity index (χ0v) is 19.3. The fourth-order valence-corrected chi connectivity index (χ4v) is 3.50. The number of nitrogens with zero attached hydrogens (tertiary/aromatic N) is 3. The number of hydrogen-bond donors (Lipinski definition) is 2. The van der Waals surface area contributed by atoms with Gasteiger partial charge >= 0.3 is 0 Å². The number of piperazine rings is 1. The van der Waals surface area contributed by atoms with E-state index in [1.54, 1.807) is 14.0 Å². The average Bonchev–Trinajstić information content (AvgIpc) is 2.67. The van der Waals surface area contributed by atoms with Gasteiger partial charge in [-0.2, -0.15) is 0 Å². The third-order valence-corrected chi connectivity index (χ3v) is 5.78. The summed E-state index contributed by atoms with van der Waals surface area (Å²) in [4.78, 5) is 8.11. The van der Waals surface area contributed by atoms with Crippen molar-refractivity contribution in [2.75, 3.05) is 57.0 Å². The Morgan fingerprint density at radius 2 is 1.86 bits per heavy atom. The number of nitrogens with one attached hydrogen (secondary N) is 2. The van der Waals surface area contributed by atoms with Crippen LogP contribution in [0.15, 0.2) is 23.2 Å². The predicted molar refractivity (Wildman–Crippen MR) is 119 cm³/mol. The van der Waals surface area contributed by atoms with Crippen LogP contribution in [0.5, 0.6) is 0 Å². The number of rotatable bonds is 7. The number of halogens is 3. The molecule has 0 saturated carbocycles. The van der Waals surface area contributed by atoms with Crippen molar-refractivity contribution >= 4 is 45.6 Å². The van der Waals surface area contributed by atoms with Crippen LogP contribution in [-0.4, -0.2) is 71.3 Å². The molecule has 1 aromatic carbocycles. The van der Waals surface area contributed by atoms with Gasteiger partial charge in [0.15, 0.2) is 5.96 Å². The predicted octanol–water partition coefficient (Wildman–Crippen LogP) is 1.61. The first-order valence-electron chi connectivity index (χ1n) is 8.99. The Morgan fingerprint density at radius 1 is 1.18 bits per heavy atom. The molecule has 0 amide bonds. The molecule has 0 atom stereocenters. The molecular formula is C17H28F2IN5O2S. The lowest BCUT2D eigenvalue weighted by Crippen LogP contribution is -2.53. The highest BCUT2D eigenvalue weighted by Crippen LogP contribution is 2.21. The molecule has 0 radical (unpaired) electrons. The minimum absolute atomic E-state index is 0. The molecular weight excluding hydrogens is 503 g/mol. The topological polar surface area (TPSA) is 77.0 Å². The average molecular weight is 531 g/mol. The lowest BCUT2D eigenvalue weighted by molar-refractivity contribution is 0.370. The quantitative estimate of drug-likeness (QED) is 0.242. The lowest BCUT2D eigenvalue weighted by Gasteiger charge is -2.37. The van der Waals surface area contributed by atoms with Gasteiger partial charge in [-0.3, -0.25) is 4.99 Å². The Hall–Kier alpha value is -1.21. The van der Waals surface area contributed by atoms with E-state index in [2.05, 4.69) is 15.0 Å². The number of aliphatic imine (C=N–C) groups is 1. The molecule has 1 aliphatic heterocycles. The smallest absolute Gasteiger partial charge is 0.211 e. The van der Waals surface area contributed by atoms with E-state index in [1.165, 1.54) is 6.07 Å². The largest absolute Gasteiger partial charge is 0.366 e. The van der Waals surface area contributed by atoms with Gasteiger partial charge in [0, 0.05) is 52.4 Å². The molecule has 1 aliphatic rings. The lowest BCUT2D eigenvalue weighted by atomic mass is 10.2. The van der Waals surface area contributed by atoms with E-state index < -0.39 is 21.7 Å². The van der Waals surface area contributed by atoms with Crippen molar-refractivity contribution in [3.63, 3.8) is 0 Å². The van der Waals surface area contributed by atoms with Crippen molar-refractivity contribution in [3.05, 3.63) is 29.8 Å². The van der Waals surface area contributed by atoms with Crippen LogP contribution >= 0.6 is 24.0 Å². The number of guanidine groups is 1. The maximum Gasteiger partial charge on any atom is 0.211 e. The van der Waals surface area contributed by atoms with Crippen molar-refractivity contribution in [2.24, 2.45) is 4.99 Å². The molecule has 7 nitrogen and oxygen atoms in total. The van der Waals surface area contributed by atoms with Crippen molar-refractivity contribution in [1.82, 2.24) is 14.9 Å². The highest BCUT2D eigenvalue weighted by atomic mass is 127. The van der Waals surface area contributed by atoms with E-state index in [-0.39, 0.29) is 35.4 Å². The number of sulfonamides is 1. The number of anilines is 1. The van der Waals surface area contributed by atoms with Gasteiger partial charge in [-0.1, -0.05) is 0 Å². The van der Waals surface area contributed by atoms with Gasteiger partial charge in [0.2, 0.25) is 10.0 Å². The van der Waals surface area contributed by atoms with E-state index >= 15 is 0 Å². The second-order valence-corrected chi connectivity index (χ2v) is 8.29. The Bertz CT molecular complexity index is 756. The van der Waals surface area contributed by atoms with Crippen LogP contribution in [-0.2, 0) is 10.0 Å². The second kappa shape index (κ2) is 11.7. The van der Waals surface area contributed by atoms with Gasteiger partial charge < -0.3 is 15.1 Å². The molecule has 1 aromatic rings. The van der Waals surface area contributed by atoms with Crippen molar-refractivity contribution in [2.45, 2.75) is 13.3 Å². The molecule has 1 saturated heterocycles. The van der Waals surface area contributed by atoms with Gasteiger partial charge in [-0.15, -0.1) is 24.0 Å². The molecule has 0 aromatic heterocycles. The fraction of sp³-hybridized carbons (Fsp3) is 0.588. The van der Waals surface area contributed by atoms with Gasteiger partial charge in [0.1, 0.15) is 11.6 Å². The summed E-state index contributed by atoms with van der Waals surface area (Å²) in [5, 5.41) is 3.21. The molecule has 11 heteroatoms. The maximum absolute atomic E-state index is 13.9. The maximum atomic E-state index is 13.9. The third-order valence-electron chi connectivity index (χ3n) is 4.38. The molecule has 2 rings (SSSR count). The zero-order chi connectivity index (χ0) is 19.9. The van der Waals surface area contributed by atoms with Gasteiger partial charge in [0.25, 0.3) is 0 Å². The van der Waals surface area contributed by atoms with E-state index in [1.807, 2.05) is 9.80 Å². The first kappa shape index (κ1) is 24.8. The first-order chi connectivity index (χ1) is 12.9. The molecule has 1 heterocycles. The molecule has 0 aliphatic carbocycles. The summed E-state index contributed by atoms with van der Waals surface area (Å²) in [6.07, 6.45) is 0.632. The number of hydrogen-bond acceptors (Lipinski definition) is 4. The highest BCUT2D eigenvalue weighted by Gasteiger charge is 2.21. The van der Waals surface area contributed by atoms with Crippen LogP contribution in [0.25, 0.3) is 0 Å². The highest BCUT2D eigenvalue weighted by molar-refractivity contribution is 14.0. The Morgan fingerprint density at radius 3 is 2.46 bits per heavy atom. The zero-order valence-electron chi connectivity index (χ0n) is 16.1. The second-order valence-electron chi connectivity index (χ2n) is 6.20. The summed E-state index contributed by atoms with van der Waals surface area (Å²) in [6, 6.07) is 3.47. The van der Waals surface area contributed by atoms with Crippen LogP contribution in [0.4, 0.5) is 14.5 Å². The SMILES string of the molecule is CCS(=O)(=O)NCCCNC(=NC)N1CCN(c2cc(F)ccc2F)CC1.I. The third kappa shape index (κ3) is 7.32. The van der Waals surface area contributed by atoms with Crippen LogP contribution in [0, 0.1) is 11.6 Å². The van der Waals surface area contributed by atoms with E-state index in [9.17, 15) is 17.2 Å². The summed E-state index contributed by atoms with van der Waals surface area (Å²) in [5.41, 5.74) is 0.279. The van der Waals surface area contributed by atoms with Crippen LogP contribution < -0.4 is 14.9 Å². The molecule has 2 N–H and O–H groups in total. The number of benzene rings is 1. The summed E-state index contributed by atoms with van der Waals surface area (Å²) in [7, 11) is -1.49. The molecule has 0 bridgehead atoms. The molecule has 0 spiro atoms. The van der Waals surface area contributed by atoms with E-state index in [4.69, 9.17) is 0 Å². The fourth-order valence-electron chi connectivity index (χ4n) is 2.84. The van der Waals surface area contributed by atoms with Crippen LogP contribution in [0.1, 0.15) is 13.3 Å². The summed E-state index contributed by atoms with van der Waals surface area (Å²) in [5.74, 6) is -0.0993. The molecule has 1 fully saturated rings. The Kier molecular flexibility index (Phi) is 10.4. The van der Waals surface area contributed by atoms with Crippen molar-refractivity contribution < 1.29 is 17.2 Å². The molecule has 28 heavy (non-hydrogen) atoms. The molecule has 160 valence electrons. The Labute approximate surface area is 182 Å². The standard InChI is InChI=1S/C17H27F2N5O2S.HI/c1-3-27(25,26)22-8-4-7-21-17(20-2)24-11-9-23(10-12-24)16-13-14(18)5-6-15(16)19;/h5-6,13,22H,3-4,7-12H2,1-2H3,(H,20,21);1H. The van der Waals surface area contributed by atoms with Crippen LogP contribution in [0.3, 0.4) is 0 Å². The summed E-state index contributed by atoms with van der Waals surface area (Å²) < 4.78 is 52.6. The van der Waals surface area contributed by atoms with Crippen LogP contribution in [0.2, 0.25) is 0 Å². The van der Waals surface area contributed by atoms with E-state index in [0.29, 0.717) is 51.6 Å². The molecule has 0 unspecified atom stereocenters. The summed E-state index contributed by atoms with van der Waals surface area (Å²) >= 11 is 0. The van der Waals surface area contributed by atoms with Gasteiger partial charge in [-0.25, -0.2) is 21.9 Å². The van der Waals surface area contributed by atoms with Crippen molar-refractivity contribution in [1.29, 1.82) is 0 Å². The minimum Gasteiger partial charge on any atom is -0.366 e. The summed E-state index contributed by atoms with van der Waals surface area (Å²) in [6.45, 7) is 4.90. The normalized spacial score (nSPS) is 15.4. The minimum atomic E-state index is -3.17. The Balaban J connectivity index is 0.00000392.